The van der Waals surface area contributed by atoms with E-state index >= 15 is 0 Å². The van der Waals surface area contributed by atoms with E-state index in [0.29, 0.717) is 13.2 Å². The Morgan fingerprint density at radius 1 is 1.39 bits per heavy atom. The first kappa shape index (κ1) is 12.9. The van der Waals surface area contributed by atoms with Gasteiger partial charge >= 0.3 is 0 Å². The van der Waals surface area contributed by atoms with E-state index in [1.807, 2.05) is 31.2 Å². The number of anilines is 1. The first-order chi connectivity index (χ1) is 8.79. The molecule has 2 rings (SSSR count). The number of amides is 1. The third-order valence-corrected chi connectivity index (χ3v) is 2.88. The van der Waals surface area contributed by atoms with Crippen molar-refractivity contribution in [1.29, 1.82) is 0 Å². The van der Waals surface area contributed by atoms with Gasteiger partial charge in [-0.25, -0.2) is 0 Å². The number of hydrogen-bond acceptors (Lipinski definition) is 3. The Hall–Kier alpha value is -1.55. The number of hydrogen-bond donors (Lipinski definition) is 2. The maximum Gasteiger partial charge on any atom is 0.238 e. The normalized spacial score (nSPS) is 14.3. The minimum atomic E-state index is -0.0252. The van der Waals surface area contributed by atoms with Crippen LogP contribution in [0.4, 0.5) is 5.69 Å². The predicted octanol–water partition coefficient (Wildman–Crippen LogP) is 2.02. The van der Waals surface area contributed by atoms with Gasteiger partial charge in [0.15, 0.2) is 0 Å². The van der Waals surface area contributed by atoms with Gasteiger partial charge in [0.25, 0.3) is 0 Å². The van der Waals surface area contributed by atoms with Gasteiger partial charge in [-0.05, 0) is 44.4 Å². The van der Waals surface area contributed by atoms with Gasteiger partial charge in [0, 0.05) is 0 Å². The van der Waals surface area contributed by atoms with Crippen molar-refractivity contribution < 1.29 is 9.53 Å². The highest BCUT2D eigenvalue weighted by Gasteiger charge is 2.20. The summed E-state index contributed by atoms with van der Waals surface area (Å²) in [6.07, 6.45) is 2.59. The standard InChI is InChI=1S/C14H20N2O2/c1-2-18-13-6-4-3-5-12(13)16-14(17)10-15-9-11-7-8-11/h3-6,11,15H,2,7-10H2,1H3,(H,16,17). The minimum Gasteiger partial charge on any atom is -0.492 e. The summed E-state index contributed by atoms with van der Waals surface area (Å²) in [5.41, 5.74) is 0.734. The number of carbonyl (C=O) groups excluding carboxylic acids is 1. The topological polar surface area (TPSA) is 50.4 Å². The highest BCUT2D eigenvalue weighted by Crippen LogP contribution is 2.27. The van der Waals surface area contributed by atoms with Gasteiger partial charge in [-0.15, -0.1) is 0 Å². The molecule has 18 heavy (non-hydrogen) atoms. The minimum absolute atomic E-state index is 0.0252. The molecular formula is C14H20N2O2. The maximum absolute atomic E-state index is 11.7. The quantitative estimate of drug-likeness (QED) is 0.776. The third-order valence-electron chi connectivity index (χ3n) is 2.88. The molecule has 1 amide bonds. The Morgan fingerprint density at radius 2 is 2.17 bits per heavy atom. The number of nitrogens with one attached hydrogen (secondary N) is 2. The summed E-state index contributed by atoms with van der Waals surface area (Å²) in [6, 6.07) is 7.49. The van der Waals surface area contributed by atoms with Gasteiger partial charge in [0.2, 0.25) is 5.91 Å². The molecule has 98 valence electrons. The average molecular weight is 248 g/mol. The van der Waals surface area contributed by atoms with Gasteiger partial charge in [0.1, 0.15) is 5.75 Å². The van der Waals surface area contributed by atoms with Gasteiger partial charge in [0.05, 0.1) is 18.8 Å². The van der Waals surface area contributed by atoms with Crippen molar-refractivity contribution in [2.45, 2.75) is 19.8 Å². The second-order valence-corrected chi connectivity index (χ2v) is 4.55. The molecule has 1 aliphatic rings. The van der Waals surface area contributed by atoms with Crippen molar-refractivity contribution in [2.75, 3.05) is 25.0 Å². The highest BCUT2D eigenvalue weighted by atomic mass is 16.5. The lowest BCUT2D eigenvalue weighted by atomic mass is 10.3. The lowest BCUT2D eigenvalue weighted by Crippen LogP contribution is -2.29. The number of rotatable bonds is 7. The largest absolute Gasteiger partial charge is 0.492 e. The lowest BCUT2D eigenvalue weighted by Gasteiger charge is -2.11. The van der Waals surface area contributed by atoms with Crippen LogP contribution in [0.1, 0.15) is 19.8 Å². The van der Waals surface area contributed by atoms with Crippen LogP contribution >= 0.6 is 0 Å². The molecule has 0 aromatic heterocycles. The van der Waals surface area contributed by atoms with Crippen LogP contribution in [0.15, 0.2) is 24.3 Å². The van der Waals surface area contributed by atoms with Crippen molar-refractivity contribution in [3.8, 4) is 5.75 Å². The number of para-hydroxylation sites is 2. The Labute approximate surface area is 108 Å². The second kappa shape index (κ2) is 6.40. The fourth-order valence-electron chi connectivity index (χ4n) is 1.76. The first-order valence-corrected chi connectivity index (χ1v) is 6.52. The second-order valence-electron chi connectivity index (χ2n) is 4.55. The summed E-state index contributed by atoms with van der Waals surface area (Å²) < 4.78 is 5.46. The Bertz CT molecular complexity index is 403. The fourth-order valence-corrected chi connectivity index (χ4v) is 1.76. The van der Waals surface area contributed by atoms with Gasteiger partial charge < -0.3 is 15.4 Å². The molecule has 1 fully saturated rings. The van der Waals surface area contributed by atoms with Crippen molar-refractivity contribution in [2.24, 2.45) is 5.92 Å². The monoisotopic (exact) mass is 248 g/mol. The molecule has 0 radical (unpaired) electrons. The Kier molecular flexibility index (Phi) is 4.59. The van der Waals surface area contributed by atoms with E-state index in [2.05, 4.69) is 10.6 Å². The molecule has 1 saturated carbocycles. The third kappa shape index (κ3) is 4.04. The summed E-state index contributed by atoms with van der Waals surface area (Å²) in [6.45, 7) is 3.82. The number of benzene rings is 1. The molecule has 1 aliphatic carbocycles. The van der Waals surface area contributed by atoms with Crippen molar-refractivity contribution in [3.63, 3.8) is 0 Å². The molecule has 1 aromatic carbocycles. The molecule has 0 atom stereocenters. The zero-order valence-electron chi connectivity index (χ0n) is 10.7. The SMILES string of the molecule is CCOc1ccccc1NC(=O)CNCC1CC1. The zero-order chi connectivity index (χ0) is 12.8. The molecule has 0 bridgehead atoms. The van der Waals surface area contributed by atoms with Crippen molar-refractivity contribution in [3.05, 3.63) is 24.3 Å². The lowest BCUT2D eigenvalue weighted by molar-refractivity contribution is -0.115. The van der Waals surface area contributed by atoms with Crippen molar-refractivity contribution in [1.82, 2.24) is 5.32 Å². The van der Waals surface area contributed by atoms with E-state index in [4.69, 9.17) is 4.74 Å². The number of ether oxygens (including phenoxy) is 1. The van der Waals surface area contributed by atoms with Crippen LogP contribution in [-0.2, 0) is 4.79 Å². The summed E-state index contributed by atoms with van der Waals surface area (Å²) >= 11 is 0. The van der Waals surface area contributed by atoms with Crippen LogP contribution in [-0.4, -0.2) is 25.6 Å². The zero-order valence-corrected chi connectivity index (χ0v) is 10.7. The molecule has 0 spiro atoms. The summed E-state index contributed by atoms with van der Waals surface area (Å²) in [5, 5.41) is 6.03. The highest BCUT2D eigenvalue weighted by molar-refractivity contribution is 5.93. The molecule has 0 heterocycles. The Morgan fingerprint density at radius 3 is 2.89 bits per heavy atom. The fraction of sp³-hybridized carbons (Fsp3) is 0.500. The average Bonchev–Trinajstić information content (AvgIpc) is 3.16. The van der Waals surface area contributed by atoms with E-state index in [1.54, 1.807) is 0 Å². The molecule has 0 saturated heterocycles. The van der Waals surface area contributed by atoms with E-state index in [1.165, 1.54) is 12.8 Å². The smallest absolute Gasteiger partial charge is 0.238 e. The van der Waals surface area contributed by atoms with E-state index in [-0.39, 0.29) is 5.91 Å². The maximum atomic E-state index is 11.7. The van der Waals surface area contributed by atoms with Crippen LogP contribution < -0.4 is 15.4 Å². The molecule has 4 heteroatoms. The van der Waals surface area contributed by atoms with Gasteiger partial charge in [-0.2, -0.15) is 0 Å². The van der Waals surface area contributed by atoms with Gasteiger partial charge in [-0.3, -0.25) is 4.79 Å². The summed E-state index contributed by atoms with van der Waals surface area (Å²) in [4.78, 5) is 11.7. The number of carbonyl (C=O) groups is 1. The van der Waals surface area contributed by atoms with Crippen LogP contribution in [0.2, 0.25) is 0 Å². The van der Waals surface area contributed by atoms with Crippen LogP contribution in [0, 0.1) is 5.92 Å². The van der Waals surface area contributed by atoms with E-state index in [0.717, 1.165) is 23.9 Å². The summed E-state index contributed by atoms with van der Waals surface area (Å²) in [5.74, 6) is 1.48. The van der Waals surface area contributed by atoms with Gasteiger partial charge in [-0.1, -0.05) is 12.1 Å². The molecule has 1 aromatic rings. The predicted molar refractivity (Wildman–Crippen MR) is 71.8 cm³/mol. The summed E-state index contributed by atoms with van der Waals surface area (Å²) in [7, 11) is 0. The van der Waals surface area contributed by atoms with Crippen molar-refractivity contribution >= 4 is 11.6 Å². The Balaban J connectivity index is 1.81. The van der Waals surface area contributed by atoms with E-state index < -0.39 is 0 Å². The molecule has 0 aliphatic heterocycles. The first-order valence-electron chi connectivity index (χ1n) is 6.52. The molecule has 4 nitrogen and oxygen atoms in total. The van der Waals surface area contributed by atoms with E-state index in [9.17, 15) is 4.79 Å². The molecule has 2 N–H and O–H groups in total. The van der Waals surface area contributed by atoms with Crippen LogP contribution in [0.25, 0.3) is 0 Å². The molecular weight excluding hydrogens is 228 g/mol. The van der Waals surface area contributed by atoms with Crippen LogP contribution in [0.3, 0.4) is 0 Å². The van der Waals surface area contributed by atoms with Crippen LogP contribution in [0.5, 0.6) is 5.75 Å². The molecule has 0 unspecified atom stereocenters.